The molecule has 2 aromatic carbocycles. The van der Waals surface area contributed by atoms with Crippen LogP contribution in [0.25, 0.3) is 22.3 Å². The molecule has 2 fully saturated rings. The summed E-state index contributed by atoms with van der Waals surface area (Å²) in [5.41, 5.74) is 3.25. The Bertz CT molecular complexity index is 1220. The minimum Gasteiger partial charge on any atom is -0.507 e. The van der Waals surface area contributed by atoms with Gasteiger partial charge in [-0.1, -0.05) is 18.2 Å². The van der Waals surface area contributed by atoms with Gasteiger partial charge < -0.3 is 19.5 Å². The molecular weight excluding hydrogens is 420 g/mol. The molecule has 170 valence electrons. The van der Waals surface area contributed by atoms with Gasteiger partial charge >= 0.3 is 6.09 Å². The van der Waals surface area contributed by atoms with Crippen LogP contribution in [0.2, 0.25) is 0 Å². The van der Waals surface area contributed by atoms with Gasteiger partial charge in [0, 0.05) is 24.1 Å². The predicted molar refractivity (Wildman–Crippen MR) is 126 cm³/mol. The highest BCUT2D eigenvalue weighted by Crippen LogP contribution is 2.32. The Morgan fingerprint density at radius 1 is 1.24 bits per heavy atom. The minimum atomic E-state index is -0.555. The third-order valence-electron chi connectivity index (χ3n) is 5.95. The second kappa shape index (κ2) is 9.15. The number of hydrogen-bond acceptors (Lipinski definition) is 7. The molecule has 0 aliphatic carbocycles. The fourth-order valence-electron chi connectivity index (χ4n) is 4.28. The van der Waals surface area contributed by atoms with Crippen molar-refractivity contribution < 1.29 is 19.4 Å². The molecule has 5 rings (SSSR count). The Hall–Kier alpha value is -3.52. The fourth-order valence-corrected chi connectivity index (χ4v) is 4.28. The lowest BCUT2D eigenvalue weighted by Gasteiger charge is -2.30. The zero-order valence-electron chi connectivity index (χ0n) is 18.5. The van der Waals surface area contributed by atoms with Gasteiger partial charge in [0.1, 0.15) is 17.7 Å². The molecular formula is C25H26N4O4. The molecule has 1 N–H and O–H groups in total. The van der Waals surface area contributed by atoms with Gasteiger partial charge in [-0.05, 0) is 49.6 Å². The topological polar surface area (TPSA) is 97.1 Å². The standard InChI is InChI=1S/C25H26N4O4/c1-16-8-9-19-21(13-16)27-23(20-6-2-3-7-22(20)30)28-24(19)29-11-4-5-17(14-29)26-25(31)33-18-10-12-32-15-18/h2-3,6-9,13,18,30H,4-5,10-12,14-15H2,1H3/b26-17+/t18-/m0/s1. The highest BCUT2D eigenvalue weighted by atomic mass is 16.6. The number of aromatic nitrogens is 2. The third-order valence-corrected chi connectivity index (χ3v) is 5.95. The minimum absolute atomic E-state index is 0.134. The summed E-state index contributed by atoms with van der Waals surface area (Å²) >= 11 is 0. The molecule has 33 heavy (non-hydrogen) atoms. The van der Waals surface area contributed by atoms with Crippen LogP contribution in [0.5, 0.6) is 5.75 Å². The van der Waals surface area contributed by atoms with Crippen LogP contribution in [0, 0.1) is 6.92 Å². The SMILES string of the molecule is Cc1ccc2c(N3CCC/C(=N\C(=O)O[C@H]4CCOC4)C3)nc(-c3ccccc3O)nc2c1. The van der Waals surface area contributed by atoms with Crippen LogP contribution in [-0.2, 0) is 9.47 Å². The molecule has 0 saturated carbocycles. The number of fused-ring (bicyclic) bond motifs is 1. The van der Waals surface area contributed by atoms with Crippen molar-refractivity contribution in [3.63, 3.8) is 0 Å². The van der Waals surface area contributed by atoms with Crippen LogP contribution in [-0.4, -0.2) is 59.3 Å². The Morgan fingerprint density at radius 2 is 2.12 bits per heavy atom. The number of carbonyl (C=O) groups excluding carboxylic acids is 1. The number of para-hydroxylation sites is 1. The van der Waals surface area contributed by atoms with Gasteiger partial charge in [0.05, 0.1) is 30.8 Å². The molecule has 1 aromatic heterocycles. The van der Waals surface area contributed by atoms with Crippen LogP contribution in [0.4, 0.5) is 10.6 Å². The van der Waals surface area contributed by atoms with Crippen LogP contribution in [0.15, 0.2) is 47.5 Å². The number of anilines is 1. The van der Waals surface area contributed by atoms with Crippen LogP contribution in [0.1, 0.15) is 24.8 Å². The largest absolute Gasteiger partial charge is 0.507 e. The van der Waals surface area contributed by atoms with E-state index in [0.29, 0.717) is 37.6 Å². The average Bonchev–Trinajstić information content (AvgIpc) is 3.31. The van der Waals surface area contributed by atoms with E-state index in [1.54, 1.807) is 12.1 Å². The first-order valence-electron chi connectivity index (χ1n) is 11.2. The van der Waals surface area contributed by atoms with E-state index in [4.69, 9.17) is 19.4 Å². The van der Waals surface area contributed by atoms with Crippen LogP contribution in [0.3, 0.4) is 0 Å². The molecule has 0 radical (unpaired) electrons. The number of ether oxygens (including phenoxy) is 2. The van der Waals surface area contributed by atoms with Gasteiger partial charge in [-0.2, -0.15) is 4.99 Å². The van der Waals surface area contributed by atoms with E-state index < -0.39 is 6.09 Å². The van der Waals surface area contributed by atoms with E-state index in [0.717, 1.165) is 47.4 Å². The van der Waals surface area contributed by atoms with Gasteiger partial charge in [0.2, 0.25) is 0 Å². The maximum absolute atomic E-state index is 12.3. The monoisotopic (exact) mass is 446 g/mol. The van der Waals surface area contributed by atoms with E-state index in [9.17, 15) is 9.90 Å². The van der Waals surface area contributed by atoms with Crippen molar-refractivity contribution in [2.24, 2.45) is 4.99 Å². The lowest BCUT2D eigenvalue weighted by Crippen LogP contribution is -2.37. The van der Waals surface area contributed by atoms with Crippen molar-refractivity contribution in [2.45, 2.75) is 32.3 Å². The maximum Gasteiger partial charge on any atom is 0.433 e. The molecule has 3 heterocycles. The fraction of sp³-hybridized carbons (Fsp3) is 0.360. The maximum atomic E-state index is 12.3. The summed E-state index contributed by atoms with van der Waals surface area (Å²) < 4.78 is 10.7. The van der Waals surface area contributed by atoms with Gasteiger partial charge in [-0.25, -0.2) is 14.8 Å². The van der Waals surface area contributed by atoms with Crippen molar-refractivity contribution >= 4 is 28.5 Å². The van der Waals surface area contributed by atoms with E-state index in [2.05, 4.69) is 9.89 Å². The number of nitrogens with zero attached hydrogens (tertiary/aromatic N) is 4. The second-order valence-corrected chi connectivity index (χ2v) is 8.48. The predicted octanol–water partition coefficient (Wildman–Crippen LogP) is 4.28. The van der Waals surface area contributed by atoms with Crippen molar-refractivity contribution in [2.75, 3.05) is 31.2 Å². The number of aryl methyl sites for hydroxylation is 1. The van der Waals surface area contributed by atoms with E-state index in [1.165, 1.54) is 0 Å². The molecule has 0 spiro atoms. The molecule has 0 bridgehead atoms. The van der Waals surface area contributed by atoms with Gasteiger partial charge in [-0.15, -0.1) is 0 Å². The number of amides is 1. The highest BCUT2D eigenvalue weighted by Gasteiger charge is 2.24. The number of benzene rings is 2. The summed E-state index contributed by atoms with van der Waals surface area (Å²) in [6.07, 6.45) is 1.53. The lowest BCUT2D eigenvalue weighted by atomic mass is 10.1. The zero-order chi connectivity index (χ0) is 22.8. The van der Waals surface area contributed by atoms with E-state index in [1.807, 2.05) is 37.3 Å². The smallest absolute Gasteiger partial charge is 0.433 e. The van der Waals surface area contributed by atoms with E-state index >= 15 is 0 Å². The average molecular weight is 447 g/mol. The van der Waals surface area contributed by atoms with Crippen LogP contribution < -0.4 is 4.90 Å². The quantitative estimate of drug-likeness (QED) is 0.641. The van der Waals surface area contributed by atoms with Crippen LogP contribution >= 0.6 is 0 Å². The Labute approximate surface area is 191 Å². The van der Waals surface area contributed by atoms with Crippen molar-refractivity contribution in [1.29, 1.82) is 0 Å². The molecule has 8 heteroatoms. The number of carbonyl (C=O) groups is 1. The number of phenolic OH excluding ortho intramolecular Hbond substituents is 1. The Morgan fingerprint density at radius 3 is 2.94 bits per heavy atom. The Kier molecular flexibility index (Phi) is 5.92. The Balaban J connectivity index is 1.48. The lowest BCUT2D eigenvalue weighted by molar-refractivity contribution is 0.0903. The molecule has 0 unspecified atom stereocenters. The molecule has 1 atom stereocenters. The summed E-state index contributed by atoms with van der Waals surface area (Å²) in [7, 11) is 0. The number of hydrogen-bond donors (Lipinski definition) is 1. The summed E-state index contributed by atoms with van der Waals surface area (Å²) in [4.78, 5) is 28.2. The van der Waals surface area contributed by atoms with Gasteiger partial charge in [0.15, 0.2) is 5.82 Å². The molecule has 3 aromatic rings. The van der Waals surface area contributed by atoms with Crippen molar-refractivity contribution in [3.05, 3.63) is 48.0 Å². The zero-order valence-corrected chi connectivity index (χ0v) is 18.5. The first kappa shape index (κ1) is 21.3. The summed E-state index contributed by atoms with van der Waals surface area (Å²) in [6, 6.07) is 13.1. The molecule has 8 nitrogen and oxygen atoms in total. The van der Waals surface area contributed by atoms with Crippen molar-refractivity contribution in [3.8, 4) is 17.1 Å². The molecule has 1 amide bonds. The second-order valence-electron chi connectivity index (χ2n) is 8.48. The molecule has 2 aliphatic rings. The number of aliphatic imine (C=N–C) groups is 1. The van der Waals surface area contributed by atoms with Gasteiger partial charge in [0.25, 0.3) is 0 Å². The molecule has 2 aliphatic heterocycles. The number of piperidine rings is 1. The molecule has 2 saturated heterocycles. The first-order chi connectivity index (χ1) is 16.1. The summed E-state index contributed by atoms with van der Waals surface area (Å²) in [5, 5.41) is 11.3. The van der Waals surface area contributed by atoms with Gasteiger partial charge in [-0.3, -0.25) is 0 Å². The first-order valence-corrected chi connectivity index (χ1v) is 11.2. The number of aromatic hydroxyl groups is 1. The number of phenols is 1. The number of rotatable bonds is 3. The normalized spacial score (nSPS) is 19.8. The third kappa shape index (κ3) is 4.66. The highest BCUT2D eigenvalue weighted by molar-refractivity contribution is 5.99. The summed E-state index contributed by atoms with van der Waals surface area (Å²) in [6.45, 7) is 4.33. The summed E-state index contributed by atoms with van der Waals surface area (Å²) in [5.74, 6) is 1.36. The van der Waals surface area contributed by atoms with Crippen molar-refractivity contribution in [1.82, 2.24) is 9.97 Å². The van der Waals surface area contributed by atoms with E-state index in [-0.39, 0.29) is 11.9 Å².